The zero-order valence-corrected chi connectivity index (χ0v) is 16.4. The van der Waals surface area contributed by atoms with Gasteiger partial charge < -0.3 is 5.32 Å². The highest BCUT2D eigenvalue weighted by Gasteiger charge is 2.16. The van der Waals surface area contributed by atoms with Crippen molar-refractivity contribution in [2.24, 2.45) is 0 Å². The summed E-state index contributed by atoms with van der Waals surface area (Å²) in [6.45, 7) is 1.87. The molecule has 3 aromatic rings. The third-order valence-corrected chi connectivity index (χ3v) is 6.81. The van der Waals surface area contributed by atoms with Crippen molar-refractivity contribution in [1.29, 1.82) is 0 Å². The maximum atomic E-state index is 12.2. The number of nitrogens with one attached hydrogen (secondary N) is 1. The lowest BCUT2D eigenvalue weighted by Crippen LogP contribution is -2.18. The minimum Gasteiger partial charge on any atom is -0.302 e. The standard InChI is InChI=1S/C18H17ClN2O3S2/c1-12-14(19)7-8-15-17(12)21-18(25-15)20-16(22)9-10-26(23,24)11-13-5-3-2-4-6-13/h2-8H,9-11H2,1H3,(H,20,21,22). The molecule has 0 atom stereocenters. The number of hydrogen-bond acceptors (Lipinski definition) is 5. The number of halogens is 1. The highest BCUT2D eigenvalue weighted by molar-refractivity contribution is 7.90. The van der Waals surface area contributed by atoms with Gasteiger partial charge in [0.1, 0.15) is 0 Å². The van der Waals surface area contributed by atoms with Crippen LogP contribution in [0, 0.1) is 6.92 Å². The summed E-state index contributed by atoms with van der Waals surface area (Å²) in [5, 5.41) is 3.73. The van der Waals surface area contributed by atoms with Crippen LogP contribution in [0.15, 0.2) is 42.5 Å². The quantitative estimate of drug-likeness (QED) is 0.663. The molecule has 0 bridgehead atoms. The molecule has 1 N–H and O–H groups in total. The Morgan fingerprint density at radius 1 is 1.19 bits per heavy atom. The lowest BCUT2D eigenvalue weighted by Gasteiger charge is -2.04. The lowest BCUT2D eigenvalue weighted by atomic mass is 10.2. The van der Waals surface area contributed by atoms with Crippen molar-refractivity contribution in [3.63, 3.8) is 0 Å². The maximum Gasteiger partial charge on any atom is 0.227 e. The molecule has 0 saturated heterocycles. The van der Waals surface area contributed by atoms with Crippen LogP contribution < -0.4 is 5.32 Å². The monoisotopic (exact) mass is 408 g/mol. The molecule has 0 saturated carbocycles. The second kappa shape index (κ2) is 7.73. The Kier molecular flexibility index (Phi) is 5.60. The molecule has 0 fully saturated rings. The van der Waals surface area contributed by atoms with Gasteiger partial charge in [0.2, 0.25) is 5.91 Å². The SMILES string of the molecule is Cc1c(Cl)ccc2sc(NC(=O)CCS(=O)(=O)Cc3ccccc3)nc12. The molecular formula is C18H17ClN2O3S2. The molecule has 2 aromatic carbocycles. The molecule has 5 nitrogen and oxygen atoms in total. The first-order valence-electron chi connectivity index (χ1n) is 7.94. The Balaban J connectivity index is 1.61. The number of fused-ring (bicyclic) bond motifs is 1. The van der Waals surface area contributed by atoms with Crippen LogP contribution in [0.1, 0.15) is 17.5 Å². The van der Waals surface area contributed by atoms with Gasteiger partial charge in [-0.3, -0.25) is 4.79 Å². The third-order valence-electron chi connectivity index (χ3n) is 3.86. The molecule has 136 valence electrons. The van der Waals surface area contributed by atoms with Crippen LogP contribution in [-0.2, 0) is 20.4 Å². The van der Waals surface area contributed by atoms with E-state index in [2.05, 4.69) is 10.3 Å². The fraction of sp³-hybridized carbons (Fsp3) is 0.222. The van der Waals surface area contributed by atoms with E-state index in [0.29, 0.717) is 15.7 Å². The number of benzene rings is 2. The summed E-state index contributed by atoms with van der Waals surface area (Å²) < 4.78 is 25.3. The maximum absolute atomic E-state index is 12.2. The van der Waals surface area contributed by atoms with Crippen molar-refractivity contribution in [2.75, 3.05) is 11.1 Å². The van der Waals surface area contributed by atoms with Crippen LogP contribution in [0.3, 0.4) is 0 Å². The number of sulfone groups is 1. The Hall–Kier alpha value is -1.96. The number of amides is 1. The summed E-state index contributed by atoms with van der Waals surface area (Å²) in [5.41, 5.74) is 2.31. The summed E-state index contributed by atoms with van der Waals surface area (Å²) >= 11 is 7.41. The zero-order chi connectivity index (χ0) is 18.7. The molecule has 1 amide bonds. The number of aromatic nitrogens is 1. The van der Waals surface area contributed by atoms with Gasteiger partial charge in [0, 0.05) is 11.4 Å². The first-order chi connectivity index (χ1) is 12.3. The van der Waals surface area contributed by atoms with E-state index in [4.69, 9.17) is 11.6 Å². The highest BCUT2D eigenvalue weighted by Crippen LogP contribution is 2.31. The van der Waals surface area contributed by atoms with Gasteiger partial charge in [-0.2, -0.15) is 0 Å². The van der Waals surface area contributed by atoms with Crippen molar-refractivity contribution in [1.82, 2.24) is 4.98 Å². The molecule has 8 heteroatoms. The van der Waals surface area contributed by atoms with Crippen LogP contribution in [0.4, 0.5) is 5.13 Å². The Morgan fingerprint density at radius 2 is 1.92 bits per heavy atom. The molecule has 0 aliphatic carbocycles. The van der Waals surface area contributed by atoms with Crippen molar-refractivity contribution < 1.29 is 13.2 Å². The van der Waals surface area contributed by atoms with Crippen LogP contribution >= 0.6 is 22.9 Å². The van der Waals surface area contributed by atoms with E-state index in [9.17, 15) is 13.2 Å². The van der Waals surface area contributed by atoms with Gasteiger partial charge in [0.15, 0.2) is 15.0 Å². The smallest absolute Gasteiger partial charge is 0.227 e. The number of anilines is 1. The van der Waals surface area contributed by atoms with Gasteiger partial charge >= 0.3 is 0 Å². The van der Waals surface area contributed by atoms with E-state index in [-0.39, 0.29) is 23.8 Å². The first-order valence-corrected chi connectivity index (χ1v) is 11.0. The minimum absolute atomic E-state index is 0.0695. The van der Waals surface area contributed by atoms with E-state index >= 15 is 0 Å². The Labute approximate surface area is 160 Å². The van der Waals surface area contributed by atoms with E-state index in [0.717, 1.165) is 15.8 Å². The predicted octanol–water partition coefficient (Wildman–Crippen LogP) is 4.20. The van der Waals surface area contributed by atoms with Crippen molar-refractivity contribution in [3.05, 3.63) is 58.6 Å². The average Bonchev–Trinajstić information content (AvgIpc) is 3.00. The number of aryl methyl sites for hydroxylation is 1. The normalized spacial score (nSPS) is 11.6. The second-order valence-corrected chi connectivity index (χ2v) is 9.54. The lowest BCUT2D eigenvalue weighted by molar-refractivity contribution is -0.115. The van der Waals surface area contributed by atoms with Crippen LogP contribution in [0.5, 0.6) is 0 Å². The van der Waals surface area contributed by atoms with Crippen LogP contribution in [0.25, 0.3) is 10.2 Å². The molecule has 0 unspecified atom stereocenters. The number of nitrogens with zero attached hydrogens (tertiary/aromatic N) is 1. The number of carbonyl (C=O) groups excluding carboxylic acids is 1. The highest BCUT2D eigenvalue weighted by atomic mass is 35.5. The Morgan fingerprint density at radius 3 is 2.65 bits per heavy atom. The number of rotatable bonds is 6. The van der Waals surface area contributed by atoms with E-state index < -0.39 is 9.84 Å². The van der Waals surface area contributed by atoms with E-state index in [1.807, 2.05) is 19.1 Å². The molecule has 1 heterocycles. The average molecular weight is 409 g/mol. The van der Waals surface area contributed by atoms with Gasteiger partial charge in [-0.05, 0) is 30.2 Å². The van der Waals surface area contributed by atoms with Gasteiger partial charge in [-0.25, -0.2) is 13.4 Å². The molecule has 3 rings (SSSR count). The van der Waals surface area contributed by atoms with Gasteiger partial charge in [0.25, 0.3) is 0 Å². The molecule has 0 aliphatic heterocycles. The van der Waals surface area contributed by atoms with Gasteiger partial charge in [-0.15, -0.1) is 0 Å². The molecule has 1 aromatic heterocycles. The summed E-state index contributed by atoms with van der Waals surface area (Å²) in [6.07, 6.45) is -0.106. The fourth-order valence-corrected chi connectivity index (χ4v) is 4.92. The van der Waals surface area contributed by atoms with Crippen LogP contribution in [0.2, 0.25) is 5.02 Å². The molecule has 0 radical (unpaired) electrons. The van der Waals surface area contributed by atoms with Gasteiger partial charge in [-0.1, -0.05) is 53.3 Å². The predicted molar refractivity (Wildman–Crippen MR) is 107 cm³/mol. The van der Waals surface area contributed by atoms with E-state index in [1.54, 1.807) is 30.3 Å². The summed E-state index contributed by atoms with van der Waals surface area (Å²) in [7, 11) is -3.35. The topological polar surface area (TPSA) is 76.1 Å². The summed E-state index contributed by atoms with van der Waals surface area (Å²) in [6, 6.07) is 12.6. The van der Waals surface area contributed by atoms with Crippen LogP contribution in [-0.4, -0.2) is 25.1 Å². The van der Waals surface area contributed by atoms with Gasteiger partial charge in [0.05, 0.1) is 21.7 Å². The minimum atomic E-state index is -3.35. The summed E-state index contributed by atoms with van der Waals surface area (Å²) in [5.74, 6) is -0.645. The zero-order valence-electron chi connectivity index (χ0n) is 14.0. The van der Waals surface area contributed by atoms with E-state index in [1.165, 1.54) is 11.3 Å². The largest absolute Gasteiger partial charge is 0.302 e. The molecule has 26 heavy (non-hydrogen) atoms. The number of hydrogen-bond donors (Lipinski definition) is 1. The first kappa shape index (κ1) is 18.8. The molecular weight excluding hydrogens is 392 g/mol. The second-order valence-electron chi connectivity index (χ2n) is 5.91. The Bertz CT molecular complexity index is 1050. The van der Waals surface area contributed by atoms with Crippen molar-refractivity contribution in [3.8, 4) is 0 Å². The number of thiazole rings is 1. The van der Waals surface area contributed by atoms with Crippen molar-refractivity contribution in [2.45, 2.75) is 19.1 Å². The fourth-order valence-electron chi connectivity index (χ4n) is 2.48. The molecule has 0 spiro atoms. The molecule has 0 aliphatic rings. The van der Waals surface area contributed by atoms with Crippen molar-refractivity contribution >= 4 is 54.0 Å². The third kappa shape index (κ3) is 4.60. The summed E-state index contributed by atoms with van der Waals surface area (Å²) in [4.78, 5) is 16.5. The number of carbonyl (C=O) groups is 1.